The Morgan fingerprint density at radius 3 is 2.38 bits per heavy atom. The van der Waals surface area contributed by atoms with E-state index < -0.39 is 0 Å². The Bertz CT molecular complexity index is 1620. The van der Waals surface area contributed by atoms with Gasteiger partial charge in [0, 0.05) is 49.6 Å². The minimum Gasteiger partial charge on any atom is -0.497 e. The van der Waals surface area contributed by atoms with E-state index in [9.17, 15) is 4.79 Å². The molecule has 5 aromatic rings. The highest BCUT2D eigenvalue weighted by Crippen LogP contribution is 2.37. The van der Waals surface area contributed by atoms with Crippen LogP contribution >= 0.6 is 0 Å². The van der Waals surface area contributed by atoms with Gasteiger partial charge < -0.3 is 23.8 Å². The lowest BCUT2D eigenvalue weighted by atomic mass is 10.1. The van der Waals surface area contributed by atoms with Crippen LogP contribution in [-0.4, -0.2) is 65.2 Å². The Labute approximate surface area is 233 Å². The number of carbonyl (C=O) groups excluding carboxylic acids is 1. The van der Waals surface area contributed by atoms with Gasteiger partial charge in [-0.05, 0) is 48.9 Å². The smallest absolute Gasteiger partial charge is 0.253 e. The first-order valence-corrected chi connectivity index (χ1v) is 13.5. The molecule has 1 saturated heterocycles. The Kier molecular flexibility index (Phi) is 7.06. The van der Waals surface area contributed by atoms with Crippen LogP contribution in [0.1, 0.15) is 17.3 Å². The molecule has 6 rings (SSSR count). The third-order valence-electron chi connectivity index (χ3n) is 7.26. The summed E-state index contributed by atoms with van der Waals surface area (Å²) >= 11 is 0. The number of anilines is 1. The van der Waals surface area contributed by atoms with Crippen molar-refractivity contribution in [1.82, 2.24) is 19.4 Å². The molecule has 0 atom stereocenters. The molecule has 1 fully saturated rings. The van der Waals surface area contributed by atoms with E-state index in [2.05, 4.69) is 27.8 Å². The van der Waals surface area contributed by atoms with E-state index >= 15 is 0 Å². The van der Waals surface area contributed by atoms with Crippen LogP contribution in [0.5, 0.6) is 11.5 Å². The predicted octanol–water partition coefficient (Wildman–Crippen LogP) is 5.46. The molecule has 0 unspecified atom stereocenters. The highest BCUT2D eigenvalue weighted by molar-refractivity contribution is 6.02. The number of rotatable bonds is 7. The fraction of sp³-hybridized carbons (Fsp3) is 0.219. The number of nitrogens with zero attached hydrogens (tertiary/aromatic N) is 5. The molecule has 8 nitrogen and oxygen atoms in total. The maximum Gasteiger partial charge on any atom is 0.253 e. The maximum atomic E-state index is 13.2. The lowest BCUT2D eigenvalue weighted by molar-refractivity contribution is 0.0746. The number of piperazine rings is 1. The number of benzene rings is 3. The number of amides is 1. The summed E-state index contributed by atoms with van der Waals surface area (Å²) in [5.41, 5.74) is 4.60. The largest absolute Gasteiger partial charge is 0.497 e. The normalized spacial score (nSPS) is 13.4. The first-order valence-electron chi connectivity index (χ1n) is 13.5. The molecule has 1 amide bonds. The SMILES string of the molecule is CCOc1ccc(C(=O)N2CCN(c3ncnc4c3c(-c3ccccc3)cn4-c3cccc(OC)c3)CC2)cc1. The zero-order valence-electron chi connectivity index (χ0n) is 22.7. The highest BCUT2D eigenvalue weighted by Gasteiger charge is 2.26. The van der Waals surface area contributed by atoms with Gasteiger partial charge in [-0.25, -0.2) is 9.97 Å². The standard InChI is InChI=1S/C32H31N5O3/c1-3-40-26-14-12-24(13-15-26)32(38)36-18-16-35(17-19-36)30-29-28(23-8-5-4-6-9-23)21-37(31(29)34-22-33-30)25-10-7-11-27(20-25)39-2/h4-15,20-22H,3,16-19H2,1-2H3. The molecular weight excluding hydrogens is 502 g/mol. The quantitative estimate of drug-likeness (QED) is 0.277. The van der Waals surface area contributed by atoms with Gasteiger partial charge in [-0.15, -0.1) is 0 Å². The van der Waals surface area contributed by atoms with E-state index in [1.807, 2.05) is 78.6 Å². The molecule has 0 aliphatic carbocycles. The van der Waals surface area contributed by atoms with Gasteiger partial charge in [0.15, 0.2) is 5.65 Å². The van der Waals surface area contributed by atoms with Crippen molar-refractivity contribution >= 4 is 22.8 Å². The van der Waals surface area contributed by atoms with Gasteiger partial charge in [0.25, 0.3) is 5.91 Å². The fourth-order valence-corrected chi connectivity index (χ4v) is 5.24. The van der Waals surface area contributed by atoms with Crippen LogP contribution in [0.15, 0.2) is 91.4 Å². The number of aromatic nitrogens is 3. The van der Waals surface area contributed by atoms with Crippen molar-refractivity contribution < 1.29 is 14.3 Å². The molecule has 0 spiro atoms. The minimum absolute atomic E-state index is 0.0321. The molecule has 8 heteroatoms. The van der Waals surface area contributed by atoms with E-state index in [0.717, 1.165) is 45.2 Å². The first kappa shape index (κ1) is 25.4. The van der Waals surface area contributed by atoms with Crippen LogP contribution in [0.3, 0.4) is 0 Å². The van der Waals surface area contributed by atoms with Gasteiger partial charge in [0.2, 0.25) is 0 Å². The Balaban J connectivity index is 1.32. The Hall–Kier alpha value is -4.85. The number of hydrogen-bond donors (Lipinski definition) is 0. The number of methoxy groups -OCH3 is 1. The number of carbonyl (C=O) groups is 1. The fourth-order valence-electron chi connectivity index (χ4n) is 5.24. The number of fused-ring (bicyclic) bond motifs is 1. The summed E-state index contributed by atoms with van der Waals surface area (Å²) in [5, 5.41) is 0.989. The zero-order chi connectivity index (χ0) is 27.5. The van der Waals surface area contributed by atoms with E-state index in [1.54, 1.807) is 13.4 Å². The molecule has 3 aromatic carbocycles. The van der Waals surface area contributed by atoms with Crippen molar-refractivity contribution in [3.8, 4) is 28.3 Å². The number of ether oxygens (including phenoxy) is 2. The molecule has 0 bridgehead atoms. The van der Waals surface area contributed by atoms with Crippen molar-refractivity contribution in [3.05, 3.63) is 97.0 Å². The van der Waals surface area contributed by atoms with Crippen molar-refractivity contribution in [3.63, 3.8) is 0 Å². The molecule has 0 N–H and O–H groups in total. The predicted molar refractivity (Wildman–Crippen MR) is 157 cm³/mol. The van der Waals surface area contributed by atoms with Crippen LogP contribution in [-0.2, 0) is 0 Å². The van der Waals surface area contributed by atoms with Gasteiger partial charge in [-0.2, -0.15) is 0 Å². The lowest BCUT2D eigenvalue weighted by Crippen LogP contribution is -2.49. The summed E-state index contributed by atoms with van der Waals surface area (Å²) in [6.07, 6.45) is 3.75. The van der Waals surface area contributed by atoms with Crippen LogP contribution < -0.4 is 14.4 Å². The second-order valence-corrected chi connectivity index (χ2v) is 9.61. The van der Waals surface area contributed by atoms with Crippen molar-refractivity contribution in [2.75, 3.05) is 44.8 Å². The third-order valence-corrected chi connectivity index (χ3v) is 7.26. The molecule has 1 aliphatic heterocycles. The second kappa shape index (κ2) is 11.1. The lowest BCUT2D eigenvalue weighted by Gasteiger charge is -2.35. The molecule has 2 aromatic heterocycles. The van der Waals surface area contributed by atoms with Gasteiger partial charge in [0.05, 0.1) is 24.8 Å². The summed E-state index contributed by atoms with van der Waals surface area (Å²) in [4.78, 5) is 26.9. The second-order valence-electron chi connectivity index (χ2n) is 9.61. The highest BCUT2D eigenvalue weighted by atomic mass is 16.5. The van der Waals surface area contributed by atoms with E-state index in [1.165, 1.54) is 0 Å². The van der Waals surface area contributed by atoms with Crippen molar-refractivity contribution in [1.29, 1.82) is 0 Å². The monoisotopic (exact) mass is 533 g/mol. The zero-order valence-corrected chi connectivity index (χ0v) is 22.7. The topological polar surface area (TPSA) is 72.7 Å². The summed E-state index contributed by atoms with van der Waals surface area (Å²) in [5.74, 6) is 2.46. The molecule has 0 saturated carbocycles. The van der Waals surface area contributed by atoms with Crippen LogP contribution in [0.2, 0.25) is 0 Å². The van der Waals surface area contributed by atoms with E-state index in [0.29, 0.717) is 38.3 Å². The van der Waals surface area contributed by atoms with Crippen LogP contribution in [0.25, 0.3) is 27.8 Å². The van der Waals surface area contributed by atoms with E-state index in [-0.39, 0.29) is 5.91 Å². The average molecular weight is 534 g/mol. The molecule has 1 aliphatic rings. The van der Waals surface area contributed by atoms with Gasteiger partial charge >= 0.3 is 0 Å². The summed E-state index contributed by atoms with van der Waals surface area (Å²) in [6, 6.07) is 25.6. The van der Waals surface area contributed by atoms with Crippen LogP contribution in [0.4, 0.5) is 5.82 Å². The summed E-state index contributed by atoms with van der Waals surface area (Å²) in [6.45, 7) is 5.10. The first-order chi connectivity index (χ1) is 19.7. The minimum atomic E-state index is 0.0321. The third kappa shape index (κ3) is 4.84. The molecule has 0 radical (unpaired) electrons. The average Bonchev–Trinajstić information content (AvgIpc) is 3.42. The molecule has 40 heavy (non-hydrogen) atoms. The Morgan fingerprint density at radius 1 is 0.875 bits per heavy atom. The van der Waals surface area contributed by atoms with E-state index in [4.69, 9.17) is 19.4 Å². The van der Waals surface area contributed by atoms with Crippen molar-refractivity contribution in [2.45, 2.75) is 6.92 Å². The van der Waals surface area contributed by atoms with Gasteiger partial charge in [-0.3, -0.25) is 4.79 Å². The molecule has 202 valence electrons. The summed E-state index contributed by atoms with van der Waals surface area (Å²) < 4.78 is 13.1. The van der Waals surface area contributed by atoms with Gasteiger partial charge in [-0.1, -0.05) is 36.4 Å². The summed E-state index contributed by atoms with van der Waals surface area (Å²) in [7, 11) is 1.67. The molecular formula is C32H31N5O3. The van der Waals surface area contributed by atoms with Crippen molar-refractivity contribution in [2.24, 2.45) is 0 Å². The number of hydrogen-bond acceptors (Lipinski definition) is 6. The van der Waals surface area contributed by atoms with Crippen LogP contribution in [0, 0.1) is 0 Å². The Morgan fingerprint density at radius 2 is 1.65 bits per heavy atom. The molecule has 3 heterocycles. The maximum absolute atomic E-state index is 13.2. The van der Waals surface area contributed by atoms with Gasteiger partial charge in [0.1, 0.15) is 23.6 Å².